The van der Waals surface area contributed by atoms with Crippen molar-refractivity contribution in [3.63, 3.8) is 0 Å². The van der Waals surface area contributed by atoms with E-state index in [-0.39, 0.29) is 5.69 Å². The first-order valence-electron chi connectivity index (χ1n) is 6.29. The third kappa shape index (κ3) is 3.50. The zero-order chi connectivity index (χ0) is 14.5. The van der Waals surface area contributed by atoms with Gasteiger partial charge in [0.05, 0.1) is 4.92 Å². The van der Waals surface area contributed by atoms with E-state index in [4.69, 9.17) is 0 Å². The van der Waals surface area contributed by atoms with Gasteiger partial charge in [-0.1, -0.05) is 0 Å². The molecule has 20 heavy (non-hydrogen) atoms. The van der Waals surface area contributed by atoms with Gasteiger partial charge in [-0.05, 0) is 25.8 Å². The highest BCUT2D eigenvalue weighted by molar-refractivity contribution is 5.56. The zero-order valence-electron chi connectivity index (χ0n) is 11.4. The van der Waals surface area contributed by atoms with Gasteiger partial charge in [-0.2, -0.15) is 5.10 Å². The van der Waals surface area contributed by atoms with Crippen molar-refractivity contribution < 1.29 is 4.92 Å². The molecule has 0 aliphatic carbocycles. The van der Waals surface area contributed by atoms with Crippen molar-refractivity contribution in [2.45, 2.75) is 26.7 Å². The average Bonchev–Trinajstić information content (AvgIpc) is 2.81. The molecule has 0 unspecified atom stereocenters. The molecule has 0 aliphatic rings. The number of nitrogens with one attached hydrogen (secondary N) is 2. The van der Waals surface area contributed by atoms with Crippen LogP contribution in [0, 0.1) is 24.0 Å². The van der Waals surface area contributed by atoms with E-state index in [1.54, 1.807) is 13.1 Å². The molecule has 0 spiro atoms. The minimum Gasteiger partial charge on any atom is -0.364 e. The lowest BCUT2D eigenvalue weighted by molar-refractivity contribution is -0.384. The molecule has 0 atom stereocenters. The number of aryl methyl sites for hydroxylation is 3. The first-order chi connectivity index (χ1) is 9.56. The highest BCUT2D eigenvalue weighted by atomic mass is 16.6. The summed E-state index contributed by atoms with van der Waals surface area (Å²) in [4.78, 5) is 18.8. The summed E-state index contributed by atoms with van der Waals surface area (Å²) in [5.41, 5.74) is 0.761. The summed E-state index contributed by atoms with van der Waals surface area (Å²) in [5.74, 6) is 1.83. The maximum absolute atomic E-state index is 10.9. The van der Waals surface area contributed by atoms with Gasteiger partial charge < -0.3 is 5.32 Å². The van der Waals surface area contributed by atoms with Crippen LogP contribution in [-0.2, 0) is 6.42 Å². The second kappa shape index (κ2) is 6.09. The summed E-state index contributed by atoms with van der Waals surface area (Å²) in [7, 11) is 0. The number of pyridine rings is 1. The number of nitrogens with zero attached hydrogens (tertiary/aromatic N) is 4. The van der Waals surface area contributed by atoms with E-state index < -0.39 is 4.92 Å². The fourth-order valence-corrected chi connectivity index (χ4v) is 1.78. The summed E-state index contributed by atoms with van der Waals surface area (Å²) in [6.07, 6.45) is 3.08. The lowest BCUT2D eigenvalue weighted by Crippen LogP contribution is -2.07. The standard InChI is InChI=1S/C12H16N6O2/c1-8-6-10(18(19)20)12(14-7-8)13-5-3-4-11-15-9(2)16-17-11/h6-7H,3-5H2,1-2H3,(H,13,14)(H,15,16,17). The van der Waals surface area contributed by atoms with Crippen LogP contribution >= 0.6 is 0 Å². The molecule has 0 bridgehead atoms. The smallest absolute Gasteiger partial charge is 0.311 e. The number of H-pyrrole nitrogens is 1. The van der Waals surface area contributed by atoms with E-state index in [0.717, 1.165) is 23.6 Å². The second-order valence-corrected chi connectivity index (χ2v) is 4.50. The van der Waals surface area contributed by atoms with E-state index in [1.807, 2.05) is 6.92 Å². The first-order valence-corrected chi connectivity index (χ1v) is 6.29. The molecule has 8 heteroatoms. The Balaban J connectivity index is 1.89. The molecule has 0 aromatic carbocycles. The predicted octanol–water partition coefficient (Wildman–Crippen LogP) is 1.77. The minimum absolute atomic E-state index is 0.00117. The van der Waals surface area contributed by atoms with Gasteiger partial charge in [-0.3, -0.25) is 15.2 Å². The average molecular weight is 276 g/mol. The summed E-state index contributed by atoms with van der Waals surface area (Å²) in [6, 6.07) is 1.51. The Bertz CT molecular complexity index is 610. The quantitative estimate of drug-likeness (QED) is 0.472. The van der Waals surface area contributed by atoms with Gasteiger partial charge in [-0.25, -0.2) is 9.97 Å². The van der Waals surface area contributed by atoms with Crippen LogP contribution in [0.3, 0.4) is 0 Å². The van der Waals surface area contributed by atoms with E-state index in [1.165, 1.54) is 6.07 Å². The van der Waals surface area contributed by atoms with Crippen molar-refractivity contribution in [2.24, 2.45) is 0 Å². The molecular formula is C12H16N6O2. The molecule has 0 saturated heterocycles. The maximum atomic E-state index is 10.9. The van der Waals surface area contributed by atoms with Gasteiger partial charge in [0.2, 0.25) is 5.82 Å². The van der Waals surface area contributed by atoms with Gasteiger partial charge in [-0.15, -0.1) is 0 Å². The summed E-state index contributed by atoms with van der Waals surface area (Å²) in [5, 5.41) is 20.7. The van der Waals surface area contributed by atoms with Gasteiger partial charge in [0, 0.05) is 25.2 Å². The number of aromatic amines is 1. The number of anilines is 1. The van der Waals surface area contributed by atoms with Gasteiger partial charge in [0.15, 0.2) is 5.82 Å². The third-order valence-electron chi connectivity index (χ3n) is 2.71. The van der Waals surface area contributed by atoms with Gasteiger partial charge >= 0.3 is 5.69 Å². The molecule has 0 saturated carbocycles. The van der Waals surface area contributed by atoms with Crippen LogP contribution in [0.25, 0.3) is 0 Å². The number of aromatic nitrogens is 4. The predicted molar refractivity (Wildman–Crippen MR) is 73.6 cm³/mol. The van der Waals surface area contributed by atoms with E-state index >= 15 is 0 Å². The van der Waals surface area contributed by atoms with Crippen LogP contribution in [0.4, 0.5) is 11.5 Å². The number of rotatable bonds is 6. The third-order valence-corrected chi connectivity index (χ3v) is 2.71. The van der Waals surface area contributed by atoms with Crippen LogP contribution in [0.15, 0.2) is 12.3 Å². The van der Waals surface area contributed by atoms with Crippen LogP contribution in [0.1, 0.15) is 23.6 Å². The van der Waals surface area contributed by atoms with Crippen molar-refractivity contribution in [3.8, 4) is 0 Å². The Hall–Kier alpha value is -2.51. The van der Waals surface area contributed by atoms with Crippen LogP contribution in [-0.4, -0.2) is 31.6 Å². The molecule has 2 heterocycles. The first kappa shape index (κ1) is 13.9. The molecule has 0 aliphatic heterocycles. The Labute approximate surface area is 115 Å². The fourth-order valence-electron chi connectivity index (χ4n) is 1.78. The number of hydrogen-bond donors (Lipinski definition) is 2. The zero-order valence-corrected chi connectivity index (χ0v) is 11.4. The van der Waals surface area contributed by atoms with E-state index in [9.17, 15) is 10.1 Å². The molecule has 0 amide bonds. The lowest BCUT2D eigenvalue weighted by Gasteiger charge is -2.05. The second-order valence-electron chi connectivity index (χ2n) is 4.50. The molecule has 0 fully saturated rings. The number of nitro groups is 1. The Morgan fingerprint density at radius 2 is 2.25 bits per heavy atom. The topological polar surface area (TPSA) is 110 Å². The normalized spacial score (nSPS) is 10.5. The van der Waals surface area contributed by atoms with E-state index in [0.29, 0.717) is 18.8 Å². The molecule has 2 rings (SSSR count). The fraction of sp³-hybridized carbons (Fsp3) is 0.417. The van der Waals surface area contributed by atoms with Crippen molar-refractivity contribution >= 4 is 11.5 Å². The van der Waals surface area contributed by atoms with Crippen LogP contribution < -0.4 is 5.32 Å². The largest absolute Gasteiger partial charge is 0.364 e. The SMILES string of the molecule is Cc1cnc(NCCCc2n[nH]c(C)n2)c([N+](=O)[O-])c1. The van der Waals surface area contributed by atoms with Crippen molar-refractivity contribution in [1.29, 1.82) is 0 Å². The summed E-state index contributed by atoms with van der Waals surface area (Å²) in [6.45, 7) is 4.19. The molecule has 2 aromatic rings. The van der Waals surface area contributed by atoms with Crippen LogP contribution in [0.5, 0.6) is 0 Å². The Morgan fingerprint density at radius 1 is 1.45 bits per heavy atom. The summed E-state index contributed by atoms with van der Waals surface area (Å²) >= 11 is 0. The molecule has 2 N–H and O–H groups in total. The van der Waals surface area contributed by atoms with Crippen molar-refractivity contribution in [1.82, 2.24) is 20.2 Å². The van der Waals surface area contributed by atoms with Crippen molar-refractivity contribution in [2.75, 3.05) is 11.9 Å². The summed E-state index contributed by atoms with van der Waals surface area (Å²) < 4.78 is 0. The van der Waals surface area contributed by atoms with Crippen LogP contribution in [0.2, 0.25) is 0 Å². The molecule has 106 valence electrons. The number of hydrogen-bond acceptors (Lipinski definition) is 6. The molecule has 8 nitrogen and oxygen atoms in total. The Kier molecular flexibility index (Phi) is 4.24. The van der Waals surface area contributed by atoms with E-state index in [2.05, 4.69) is 25.5 Å². The molecular weight excluding hydrogens is 260 g/mol. The van der Waals surface area contributed by atoms with Crippen molar-refractivity contribution in [3.05, 3.63) is 39.6 Å². The molecule has 2 aromatic heterocycles. The Morgan fingerprint density at radius 3 is 2.90 bits per heavy atom. The monoisotopic (exact) mass is 276 g/mol. The van der Waals surface area contributed by atoms with Gasteiger partial charge in [0.1, 0.15) is 5.82 Å². The maximum Gasteiger partial charge on any atom is 0.311 e. The lowest BCUT2D eigenvalue weighted by atomic mass is 10.2. The van der Waals surface area contributed by atoms with Gasteiger partial charge in [0.25, 0.3) is 0 Å². The molecule has 0 radical (unpaired) electrons. The minimum atomic E-state index is -0.430. The highest BCUT2D eigenvalue weighted by Gasteiger charge is 2.14. The highest BCUT2D eigenvalue weighted by Crippen LogP contribution is 2.22.